The predicted molar refractivity (Wildman–Crippen MR) is 73.2 cm³/mol. The Hall–Kier alpha value is -0.190. The van der Waals surface area contributed by atoms with E-state index < -0.39 is 11.5 Å². The van der Waals surface area contributed by atoms with E-state index in [0.29, 0.717) is 15.6 Å². The number of aliphatic hydroxyl groups excluding tert-OH is 1. The standard InChI is InChI=1S/C11H15Cl2NO2.ClH/c1-11(2,5-15)10(14)9-7(13)3-6(12)4-8(9)16;/h3-4,10,15-16H,5,14H2,1-2H3;1H/t10-;/m1./s1. The molecule has 0 aliphatic heterocycles. The number of nitrogens with two attached hydrogens (primary N) is 1. The van der Waals surface area contributed by atoms with Gasteiger partial charge in [-0.3, -0.25) is 0 Å². The van der Waals surface area contributed by atoms with Crippen LogP contribution in [0.2, 0.25) is 10.0 Å². The first kappa shape index (κ1) is 16.8. The maximum absolute atomic E-state index is 9.77. The highest BCUT2D eigenvalue weighted by atomic mass is 35.5. The van der Waals surface area contributed by atoms with Crippen LogP contribution >= 0.6 is 35.6 Å². The summed E-state index contributed by atoms with van der Waals surface area (Å²) in [6.45, 7) is 3.48. The Morgan fingerprint density at radius 2 is 1.88 bits per heavy atom. The van der Waals surface area contributed by atoms with Gasteiger partial charge in [-0.1, -0.05) is 37.0 Å². The third-order valence-electron chi connectivity index (χ3n) is 2.63. The second-order valence-electron chi connectivity index (χ2n) is 4.44. The molecule has 0 unspecified atom stereocenters. The van der Waals surface area contributed by atoms with Crippen LogP contribution in [0.3, 0.4) is 0 Å². The Labute approximate surface area is 117 Å². The van der Waals surface area contributed by atoms with E-state index in [4.69, 9.17) is 28.9 Å². The summed E-state index contributed by atoms with van der Waals surface area (Å²) < 4.78 is 0. The molecule has 0 aliphatic rings. The molecule has 3 nitrogen and oxygen atoms in total. The quantitative estimate of drug-likeness (QED) is 0.803. The minimum absolute atomic E-state index is 0. The number of phenols is 1. The fourth-order valence-corrected chi connectivity index (χ4v) is 1.97. The second-order valence-corrected chi connectivity index (χ2v) is 5.29. The van der Waals surface area contributed by atoms with Crippen molar-refractivity contribution in [2.75, 3.05) is 6.61 Å². The van der Waals surface area contributed by atoms with Gasteiger partial charge in [0.15, 0.2) is 0 Å². The number of hydrogen-bond donors (Lipinski definition) is 3. The van der Waals surface area contributed by atoms with Gasteiger partial charge >= 0.3 is 0 Å². The van der Waals surface area contributed by atoms with Gasteiger partial charge in [0, 0.05) is 28.6 Å². The van der Waals surface area contributed by atoms with E-state index >= 15 is 0 Å². The van der Waals surface area contributed by atoms with Crippen LogP contribution in [-0.4, -0.2) is 16.8 Å². The van der Waals surface area contributed by atoms with Crippen LogP contribution in [0.15, 0.2) is 12.1 Å². The van der Waals surface area contributed by atoms with Crippen molar-refractivity contribution >= 4 is 35.6 Å². The summed E-state index contributed by atoms with van der Waals surface area (Å²) in [5.74, 6) is -0.0495. The third kappa shape index (κ3) is 3.63. The Kier molecular flexibility index (Phi) is 6.05. The molecule has 98 valence electrons. The van der Waals surface area contributed by atoms with Gasteiger partial charge in [0.05, 0.1) is 5.02 Å². The highest BCUT2D eigenvalue weighted by molar-refractivity contribution is 6.35. The van der Waals surface area contributed by atoms with Crippen LogP contribution < -0.4 is 5.73 Å². The minimum atomic E-state index is -0.574. The molecule has 0 bridgehead atoms. The minimum Gasteiger partial charge on any atom is -0.508 e. The van der Waals surface area contributed by atoms with Crippen molar-refractivity contribution in [2.45, 2.75) is 19.9 Å². The number of halogens is 3. The molecule has 6 heteroatoms. The molecule has 0 saturated carbocycles. The zero-order valence-electron chi connectivity index (χ0n) is 9.58. The van der Waals surface area contributed by atoms with Crippen molar-refractivity contribution in [3.8, 4) is 5.75 Å². The van der Waals surface area contributed by atoms with Crippen molar-refractivity contribution in [2.24, 2.45) is 11.1 Å². The van der Waals surface area contributed by atoms with E-state index in [1.165, 1.54) is 12.1 Å². The second kappa shape index (κ2) is 6.12. The van der Waals surface area contributed by atoms with Gasteiger partial charge in [0.2, 0.25) is 0 Å². The summed E-state index contributed by atoms with van der Waals surface area (Å²) in [7, 11) is 0. The highest BCUT2D eigenvalue weighted by Gasteiger charge is 2.30. The molecule has 0 heterocycles. The molecule has 0 aromatic heterocycles. The van der Waals surface area contributed by atoms with Gasteiger partial charge < -0.3 is 15.9 Å². The summed E-state index contributed by atoms with van der Waals surface area (Å²) >= 11 is 11.7. The number of rotatable bonds is 3. The molecule has 1 atom stereocenters. The van der Waals surface area contributed by atoms with Gasteiger partial charge in [-0.2, -0.15) is 0 Å². The third-order valence-corrected chi connectivity index (χ3v) is 3.16. The Morgan fingerprint density at radius 3 is 2.29 bits per heavy atom. The molecule has 0 amide bonds. The number of aliphatic hydroxyl groups is 1. The van der Waals surface area contributed by atoms with Gasteiger partial charge in [0.25, 0.3) is 0 Å². The van der Waals surface area contributed by atoms with Crippen LogP contribution in [0.5, 0.6) is 5.75 Å². The van der Waals surface area contributed by atoms with Crippen molar-refractivity contribution in [1.82, 2.24) is 0 Å². The highest BCUT2D eigenvalue weighted by Crippen LogP contribution is 2.40. The summed E-state index contributed by atoms with van der Waals surface area (Å²) in [6.07, 6.45) is 0. The Balaban J connectivity index is 0.00000256. The van der Waals surface area contributed by atoms with E-state index in [-0.39, 0.29) is 24.8 Å². The van der Waals surface area contributed by atoms with Crippen LogP contribution in [0.25, 0.3) is 0 Å². The first-order valence-corrected chi connectivity index (χ1v) is 5.59. The Bertz CT molecular complexity index is 373. The van der Waals surface area contributed by atoms with E-state index in [9.17, 15) is 10.2 Å². The molecule has 1 aromatic carbocycles. The molecule has 17 heavy (non-hydrogen) atoms. The molecule has 4 N–H and O–H groups in total. The molecule has 0 saturated heterocycles. The predicted octanol–water partition coefficient (Wildman–Crippen LogP) is 3.14. The van der Waals surface area contributed by atoms with E-state index in [1.54, 1.807) is 13.8 Å². The topological polar surface area (TPSA) is 66.5 Å². The first-order valence-electron chi connectivity index (χ1n) is 4.84. The van der Waals surface area contributed by atoms with Crippen molar-refractivity contribution in [1.29, 1.82) is 0 Å². The van der Waals surface area contributed by atoms with Crippen LogP contribution in [-0.2, 0) is 0 Å². The summed E-state index contributed by atoms with van der Waals surface area (Å²) in [4.78, 5) is 0. The van der Waals surface area contributed by atoms with Crippen molar-refractivity contribution in [3.63, 3.8) is 0 Å². The largest absolute Gasteiger partial charge is 0.508 e. The lowest BCUT2D eigenvalue weighted by Gasteiger charge is -2.30. The molecule has 0 radical (unpaired) electrons. The van der Waals surface area contributed by atoms with Crippen LogP contribution in [0, 0.1) is 5.41 Å². The number of hydrogen-bond acceptors (Lipinski definition) is 3. The van der Waals surface area contributed by atoms with Gasteiger partial charge in [-0.05, 0) is 12.1 Å². The maximum Gasteiger partial charge on any atom is 0.123 e. The summed E-state index contributed by atoms with van der Waals surface area (Å²) in [6, 6.07) is 2.34. The molecule has 1 aromatic rings. The van der Waals surface area contributed by atoms with E-state index in [0.717, 1.165) is 0 Å². The lowest BCUT2D eigenvalue weighted by molar-refractivity contribution is 0.131. The smallest absolute Gasteiger partial charge is 0.123 e. The fourth-order valence-electron chi connectivity index (χ4n) is 1.37. The average molecular weight is 301 g/mol. The van der Waals surface area contributed by atoms with Gasteiger partial charge in [0.1, 0.15) is 5.75 Å². The summed E-state index contributed by atoms with van der Waals surface area (Å²) in [5, 5.41) is 19.7. The fraction of sp³-hybridized carbons (Fsp3) is 0.455. The van der Waals surface area contributed by atoms with E-state index in [1.807, 2.05) is 0 Å². The molecular formula is C11H16Cl3NO2. The van der Waals surface area contributed by atoms with E-state index in [2.05, 4.69) is 0 Å². The van der Waals surface area contributed by atoms with Crippen LogP contribution in [0.1, 0.15) is 25.5 Å². The molecule has 0 spiro atoms. The monoisotopic (exact) mass is 299 g/mol. The van der Waals surface area contributed by atoms with Gasteiger partial charge in [-0.15, -0.1) is 12.4 Å². The van der Waals surface area contributed by atoms with Crippen molar-refractivity contribution < 1.29 is 10.2 Å². The number of phenolic OH excluding ortho intramolecular Hbond substituents is 1. The zero-order chi connectivity index (χ0) is 12.5. The van der Waals surface area contributed by atoms with Gasteiger partial charge in [-0.25, -0.2) is 0 Å². The zero-order valence-corrected chi connectivity index (χ0v) is 11.9. The maximum atomic E-state index is 9.77. The molecule has 0 aliphatic carbocycles. The average Bonchev–Trinajstić information content (AvgIpc) is 2.15. The number of aromatic hydroxyl groups is 1. The lowest BCUT2D eigenvalue weighted by Crippen LogP contribution is -2.32. The lowest BCUT2D eigenvalue weighted by atomic mass is 9.81. The van der Waals surface area contributed by atoms with Crippen LogP contribution in [0.4, 0.5) is 0 Å². The van der Waals surface area contributed by atoms with Crippen molar-refractivity contribution in [3.05, 3.63) is 27.7 Å². The Morgan fingerprint density at radius 1 is 1.35 bits per heavy atom. The normalized spacial score (nSPS) is 13.1. The SMILES string of the molecule is CC(C)(CO)[C@H](N)c1c(O)cc(Cl)cc1Cl.Cl. The molecule has 1 rings (SSSR count). The first-order chi connectivity index (χ1) is 7.29. The summed E-state index contributed by atoms with van der Waals surface area (Å²) in [5.41, 5.74) is 5.82. The molecular weight excluding hydrogens is 284 g/mol. The molecule has 0 fully saturated rings. The number of benzene rings is 1.